The molecule has 1 unspecified atom stereocenters. The Balaban J connectivity index is 1.75. The van der Waals surface area contributed by atoms with Gasteiger partial charge in [0.25, 0.3) is 0 Å². The van der Waals surface area contributed by atoms with Gasteiger partial charge in [0.05, 0.1) is 5.02 Å². The number of aliphatic hydroxyl groups excluding tert-OH is 1. The van der Waals surface area contributed by atoms with Crippen molar-refractivity contribution in [2.75, 3.05) is 13.2 Å². The van der Waals surface area contributed by atoms with Crippen LogP contribution in [0.5, 0.6) is 5.75 Å². The molecule has 0 amide bonds. The van der Waals surface area contributed by atoms with E-state index >= 15 is 0 Å². The highest BCUT2D eigenvalue weighted by Gasteiger charge is 2.09. The molecule has 0 aliphatic rings. The van der Waals surface area contributed by atoms with E-state index < -0.39 is 6.10 Å². The molecule has 2 aromatic rings. The van der Waals surface area contributed by atoms with E-state index in [1.54, 1.807) is 24.4 Å². The van der Waals surface area contributed by atoms with Crippen LogP contribution in [0.15, 0.2) is 36.5 Å². The fraction of sp³-hybridized carbons (Fsp3) is 0.312. The maximum Gasteiger partial charge on any atom is 0.139 e. The van der Waals surface area contributed by atoms with Gasteiger partial charge in [-0.1, -0.05) is 35.3 Å². The van der Waals surface area contributed by atoms with E-state index in [2.05, 4.69) is 10.3 Å². The molecule has 1 heterocycles. The van der Waals surface area contributed by atoms with Gasteiger partial charge in [0, 0.05) is 25.0 Å². The largest absolute Gasteiger partial charge is 0.489 e. The van der Waals surface area contributed by atoms with Crippen molar-refractivity contribution in [2.45, 2.75) is 19.6 Å². The molecular weight excluding hydrogens is 323 g/mol. The summed E-state index contributed by atoms with van der Waals surface area (Å²) in [6.07, 6.45) is 1.11. The Morgan fingerprint density at radius 3 is 2.86 bits per heavy atom. The summed E-state index contributed by atoms with van der Waals surface area (Å²) in [4.78, 5) is 4.22. The smallest absolute Gasteiger partial charge is 0.139 e. The molecule has 118 valence electrons. The van der Waals surface area contributed by atoms with Crippen LogP contribution in [0.4, 0.5) is 0 Å². The molecule has 1 aromatic carbocycles. The highest BCUT2D eigenvalue weighted by atomic mass is 35.5. The predicted octanol–water partition coefficient (Wildman–Crippen LogP) is 3.23. The molecule has 0 bridgehead atoms. The third-order valence-electron chi connectivity index (χ3n) is 3.16. The molecule has 0 saturated carbocycles. The fourth-order valence-corrected chi connectivity index (χ4v) is 2.26. The first kappa shape index (κ1) is 17.0. The molecule has 6 heteroatoms. The lowest BCUT2D eigenvalue weighted by molar-refractivity contribution is 0.106. The quantitative estimate of drug-likeness (QED) is 0.812. The number of pyridine rings is 1. The Labute approximate surface area is 140 Å². The molecule has 0 saturated heterocycles. The van der Waals surface area contributed by atoms with Gasteiger partial charge in [0.2, 0.25) is 0 Å². The van der Waals surface area contributed by atoms with Crippen LogP contribution in [0, 0.1) is 6.92 Å². The number of ether oxygens (including phenoxy) is 1. The number of nitrogens with one attached hydrogen (secondary N) is 1. The summed E-state index contributed by atoms with van der Waals surface area (Å²) in [6, 6.07) is 9.05. The third kappa shape index (κ3) is 4.85. The van der Waals surface area contributed by atoms with Crippen molar-refractivity contribution < 1.29 is 9.84 Å². The minimum absolute atomic E-state index is 0.138. The van der Waals surface area contributed by atoms with Crippen molar-refractivity contribution in [3.63, 3.8) is 0 Å². The molecule has 22 heavy (non-hydrogen) atoms. The molecule has 2 N–H and O–H groups in total. The summed E-state index contributed by atoms with van der Waals surface area (Å²) >= 11 is 11.9. The number of rotatable bonds is 7. The highest BCUT2D eigenvalue weighted by Crippen LogP contribution is 2.31. The summed E-state index contributed by atoms with van der Waals surface area (Å²) in [5, 5.41) is 13.9. The maximum absolute atomic E-state index is 9.94. The van der Waals surface area contributed by atoms with E-state index in [0.717, 1.165) is 11.3 Å². The number of aryl methyl sites for hydroxylation is 1. The van der Waals surface area contributed by atoms with E-state index in [4.69, 9.17) is 27.9 Å². The van der Waals surface area contributed by atoms with Crippen molar-refractivity contribution in [1.82, 2.24) is 10.3 Å². The highest BCUT2D eigenvalue weighted by molar-refractivity contribution is 6.42. The van der Waals surface area contributed by atoms with Crippen molar-refractivity contribution >= 4 is 23.2 Å². The molecular formula is C16H18Cl2N2O2. The molecule has 0 spiro atoms. The van der Waals surface area contributed by atoms with Gasteiger partial charge >= 0.3 is 0 Å². The summed E-state index contributed by atoms with van der Waals surface area (Å²) in [7, 11) is 0. The molecule has 0 aliphatic carbocycles. The Bertz CT molecular complexity index is 623. The van der Waals surface area contributed by atoms with Gasteiger partial charge in [-0.3, -0.25) is 4.98 Å². The van der Waals surface area contributed by atoms with Gasteiger partial charge in [-0.25, -0.2) is 0 Å². The van der Waals surface area contributed by atoms with E-state index in [1.807, 2.05) is 19.1 Å². The summed E-state index contributed by atoms with van der Waals surface area (Å²) in [5.74, 6) is 0.469. The van der Waals surface area contributed by atoms with Crippen LogP contribution in [0.25, 0.3) is 0 Å². The first-order chi connectivity index (χ1) is 10.6. The monoisotopic (exact) mass is 340 g/mol. The number of nitrogens with zero attached hydrogens (tertiary/aromatic N) is 1. The van der Waals surface area contributed by atoms with Gasteiger partial charge in [0.1, 0.15) is 23.5 Å². The third-order valence-corrected chi connectivity index (χ3v) is 3.96. The number of aromatic nitrogens is 1. The zero-order valence-corrected chi connectivity index (χ0v) is 13.7. The minimum atomic E-state index is -0.646. The number of aliphatic hydroxyl groups is 1. The average molecular weight is 341 g/mol. The van der Waals surface area contributed by atoms with Gasteiger partial charge in [-0.15, -0.1) is 0 Å². The van der Waals surface area contributed by atoms with Gasteiger partial charge in [-0.2, -0.15) is 0 Å². The standard InChI is InChI=1S/C16H18Cl2N2O2/c1-11-12(4-3-7-20-11)8-19-9-13(21)10-22-15-6-2-5-14(17)16(15)18/h2-7,13,19,21H,8-10H2,1H3. The first-order valence-corrected chi connectivity index (χ1v) is 7.69. The summed E-state index contributed by atoms with van der Waals surface area (Å²) in [5.41, 5.74) is 2.08. The molecule has 4 nitrogen and oxygen atoms in total. The van der Waals surface area contributed by atoms with Crippen molar-refractivity contribution in [3.8, 4) is 5.75 Å². The lowest BCUT2D eigenvalue weighted by Gasteiger charge is -2.14. The van der Waals surface area contributed by atoms with Crippen LogP contribution in [0.2, 0.25) is 10.0 Å². The fourth-order valence-electron chi connectivity index (χ4n) is 1.92. The van der Waals surface area contributed by atoms with Crippen LogP contribution >= 0.6 is 23.2 Å². The number of halogens is 2. The van der Waals surface area contributed by atoms with Crippen LogP contribution in [0.1, 0.15) is 11.3 Å². The Hall–Kier alpha value is -1.33. The molecule has 0 fully saturated rings. The normalized spacial score (nSPS) is 12.2. The SMILES string of the molecule is Cc1ncccc1CNCC(O)COc1cccc(Cl)c1Cl. The zero-order chi connectivity index (χ0) is 15.9. The molecule has 0 radical (unpaired) electrons. The van der Waals surface area contributed by atoms with Crippen LogP contribution in [-0.4, -0.2) is 29.3 Å². The van der Waals surface area contributed by atoms with E-state index in [-0.39, 0.29) is 6.61 Å². The number of benzene rings is 1. The molecule has 1 atom stereocenters. The topological polar surface area (TPSA) is 54.4 Å². The van der Waals surface area contributed by atoms with E-state index in [0.29, 0.717) is 28.9 Å². The minimum Gasteiger partial charge on any atom is -0.489 e. The van der Waals surface area contributed by atoms with Gasteiger partial charge in [-0.05, 0) is 30.7 Å². The maximum atomic E-state index is 9.94. The second-order valence-electron chi connectivity index (χ2n) is 4.90. The second kappa shape index (κ2) is 8.34. The molecule has 2 rings (SSSR count). The Morgan fingerprint density at radius 1 is 1.27 bits per heavy atom. The van der Waals surface area contributed by atoms with Crippen LogP contribution < -0.4 is 10.1 Å². The first-order valence-electron chi connectivity index (χ1n) is 6.94. The van der Waals surface area contributed by atoms with Crippen molar-refractivity contribution in [2.24, 2.45) is 0 Å². The lowest BCUT2D eigenvalue weighted by Crippen LogP contribution is -2.31. The second-order valence-corrected chi connectivity index (χ2v) is 5.68. The summed E-state index contributed by atoms with van der Waals surface area (Å²) in [6.45, 7) is 3.15. The Morgan fingerprint density at radius 2 is 2.09 bits per heavy atom. The average Bonchev–Trinajstić information content (AvgIpc) is 2.51. The number of hydrogen-bond acceptors (Lipinski definition) is 4. The van der Waals surface area contributed by atoms with Crippen LogP contribution in [-0.2, 0) is 6.54 Å². The van der Waals surface area contributed by atoms with Crippen LogP contribution in [0.3, 0.4) is 0 Å². The van der Waals surface area contributed by atoms with Crippen molar-refractivity contribution in [3.05, 3.63) is 57.8 Å². The van der Waals surface area contributed by atoms with E-state index in [1.165, 1.54) is 0 Å². The van der Waals surface area contributed by atoms with Crippen molar-refractivity contribution in [1.29, 1.82) is 0 Å². The predicted molar refractivity (Wildman–Crippen MR) is 88.6 cm³/mol. The molecule has 1 aromatic heterocycles. The van der Waals surface area contributed by atoms with E-state index in [9.17, 15) is 5.11 Å². The zero-order valence-electron chi connectivity index (χ0n) is 12.2. The van der Waals surface area contributed by atoms with Gasteiger partial charge in [0.15, 0.2) is 0 Å². The summed E-state index contributed by atoms with van der Waals surface area (Å²) < 4.78 is 5.49. The lowest BCUT2D eigenvalue weighted by atomic mass is 10.2. The molecule has 0 aliphatic heterocycles. The number of hydrogen-bond donors (Lipinski definition) is 2. The Kier molecular flexibility index (Phi) is 6.46. The van der Waals surface area contributed by atoms with Gasteiger partial charge < -0.3 is 15.2 Å².